The van der Waals surface area contributed by atoms with Gasteiger partial charge in [0.15, 0.2) is 5.78 Å². The first-order chi connectivity index (χ1) is 6.61. The maximum absolute atomic E-state index is 13.4. The van der Waals surface area contributed by atoms with E-state index < -0.39 is 0 Å². The molecule has 0 aromatic heterocycles. The summed E-state index contributed by atoms with van der Waals surface area (Å²) >= 11 is 3.35. The van der Waals surface area contributed by atoms with Gasteiger partial charge in [-0.2, -0.15) is 0 Å². The Bertz CT molecular complexity index is 412. The van der Waals surface area contributed by atoms with Gasteiger partial charge in [-0.3, -0.25) is 4.79 Å². The molecule has 14 heavy (non-hydrogen) atoms. The van der Waals surface area contributed by atoms with Crippen molar-refractivity contribution in [1.82, 2.24) is 0 Å². The summed E-state index contributed by atoms with van der Waals surface area (Å²) in [5, 5.41) is 0. The van der Waals surface area contributed by atoms with E-state index >= 15 is 0 Å². The van der Waals surface area contributed by atoms with Crippen molar-refractivity contribution in [3.05, 3.63) is 33.0 Å². The van der Waals surface area contributed by atoms with Crippen LogP contribution in [0, 0.1) is 12.7 Å². The molecule has 0 fully saturated rings. The van der Waals surface area contributed by atoms with Crippen molar-refractivity contribution in [2.45, 2.75) is 26.2 Å². The summed E-state index contributed by atoms with van der Waals surface area (Å²) in [5.74, 6) is -0.239. The van der Waals surface area contributed by atoms with Gasteiger partial charge in [-0.15, -0.1) is 0 Å². The molecule has 1 aromatic carbocycles. The first-order valence-electron chi connectivity index (χ1n) is 4.62. The van der Waals surface area contributed by atoms with Gasteiger partial charge in [0.1, 0.15) is 5.82 Å². The minimum absolute atomic E-state index is 0.0610. The Morgan fingerprint density at radius 2 is 2.14 bits per heavy atom. The number of carbonyl (C=O) groups is 1. The maximum Gasteiger partial charge on any atom is 0.163 e. The fourth-order valence-corrected chi connectivity index (χ4v) is 2.43. The third-order valence-electron chi connectivity index (χ3n) is 2.68. The number of ketones is 1. The molecule has 0 radical (unpaired) electrons. The van der Waals surface area contributed by atoms with E-state index in [1.165, 1.54) is 6.07 Å². The van der Waals surface area contributed by atoms with E-state index in [0.717, 1.165) is 22.9 Å². The number of rotatable bonds is 0. The van der Waals surface area contributed by atoms with Crippen LogP contribution in [0.1, 0.15) is 34.3 Å². The lowest BCUT2D eigenvalue weighted by Crippen LogP contribution is -2.12. The summed E-state index contributed by atoms with van der Waals surface area (Å²) in [6, 6.07) is 1.37. The summed E-state index contributed by atoms with van der Waals surface area (Å²) in [5.41, 5.74) is 2.13. The molecular weight excluding hydrogens is 247 g/mol. The normalized spacial score (nSPS) is 15.5. The molecule has 0 amide bonds. The number of carbonyl (C=O) groups excluding carboxylic acids is 1. The van der Waals surface area contributed by atoms with Crippen LogP contribution < -0.4 is 0 Å². The second-order valence-corrected chi connectivity index (χ2v) is 4.39. The van der Waals surface area contributed by atoms with Crippen LogP contribution in [0.4, 0.5) is 4.39 Å². The minimum atomic E-state index is -0.300. The molecule has 0 saturated heterocycles. The summed E-state index contributed by atoms with van der Waals surface area (Å²) < 4.78 is 14.1. The summed E-state index contributed by atoms with van der Waals surface area (Å²) in [6.07, 6.45) is 2.28. The van der Waals surface area contributed by atoms with Gasteiger partial charge in [-0.1, -0.05) is 15.9 Å². The Hall–Kier alpha value is -0.700. The van der Waals surface area contributed by atoms with Gasteiger partial charge < -0.3 is 0 Å². The van der Waals surface area contributed by atoms with Gasteiger partial charge in [0.05, 0.1) is 0 Å². The van der Waals surface area contributed by atoms with E-state index in [9.17, 15) is 9.18 Å². The van der Waals surface area contributed by atoms with Gasteiger partial charge in [0.2, 0.25) is 0 Å². The monoisotopic (exact) mass is 256 g/mol. The summed E-state index contributed by atoms with van der Waals surface area (Å²) in [6.45, 7) is 1.72. The first-order valence-corrected chi connectivity index (χ1v) is 5.41. The van der Waals surface area contributed by atoms with E-state index in [4.69, 9.17) is 0 Å². The van der Waals surface area contributed by atoms with E-state index in [1.54, 1.807) is 6.92 Å². The van der Waals surface area contributed by atoms with Crippen LogP contribution >= 0.6 is 15.9 Å². The van der Waals surface area contributed by atoms with Crippen molar-refractivity contribution in [2.75, 3.05) is 0 Å². The van der Waals surface area contributed by atoms with Crippen LogP contribution in [0.15, 0.2) is 10.5 Å². The smallest absolute Gasteiger partial charge is 0.163 e. The maximum atomic E-state index is 13.4. The fraction of sp³-hybridized carbons (Fsp3) is 0.364. The molecule has 2 rings (SSSR count). The van der Waals surface area contributed by atoms with Crippen molar-refractivity contribution in [3.8, 4) is 0 Å². The quantitative estimate of drug-likeness (QED) is 0.696. The molecule has 1 aliphatic rings. The zero-order chi connectivity index (χ0) is 10.3. The number of fused-ring (bicyclic) bond motifs is 1. The van der Waals surface area contributed by atoms with Gasteiger partial charge in [0, 0.05) is 16.5 Å². The highest BCUT2D eigenvalue weighted by Gasteiger charge is 2.22. The number of benzene rings is 1. The molecule has 74 valence electrons. The van der Waals surface area contributed by atoms with Crippen molar-refractivity contribution in [2.24, 2.45) is 0 Å². The lowest BCUT2D eigenvalue weighted by Gasteiger charge is -2.17. The Balaban J connectivity index is 2.69. The van der Waals surface area contributed by atoms with Crippen LogP contribution in [0.5, 0.6) is 0 Å². The molecule has 0 atom stereocenters. The molecule has 0 aliphatic heterocycles. The molecule has 0 heterocycles. The van der Waals surface area contributed by atoms with Crippen molar-refractivity contribution in [1.29, 1.82) is 0 Å². The average molecular weight is 257 g/mol. The highest BCUT2D eigenvalue weighted by molar-refractivity contribution is 9.10. The lowest BCUT2D eigenvalue weighted by molar-refractivity contribution is 0.0972. The molecule has 0 spiro atoms. The predicted octanol–water partition coefficient (Wildman–Crippen LogP) is 3.42. The Morgan fingerprint density at radius 1 is 1.43 bits per heavy atom. The zero-order valence-electron chi connectivity index (χ0n) is 7.86. The third-order valence-corrected chi connectivity index (χ3v) is 3.75. The van der Waals surface area contributed by atoms with E-state index in [-0.39, 0.29) is 11.6 Å². The van der Waals surface area contributed by atoms with Crippen LogP contribution in [0.3, 0.4) is 0 Å². The second kappa shape index (κ2) is 3.46. The molecule has 1 aliphatic carbocycles. The fourth-order valence-electron chi connectivity index (χ4n) is 1.83. The van der Waals surface area contributed by atoms with Gasteiger partial charge in [0.25, 0.3) is 0 Å². The summed E-state index contributed by atoms with van der Waals surface area (Å²) in [7, 11) is 0. The molecule has 1 nitrogen and oxygen atoms in total. The highest BCUT2D eigenvalue weighted by atomic mass is 79.9. The van der Waals surface area contributed by atoms with E-state index in [2.05, 4.69) is 15.9 Å². The van der Waals surface area contributed by atoms with Gasteiger partial charge in [-0.25, -0.2) is 4.39 Å². The predicted molar refractivity (Wildman–Crippen MR) is 56.1 cm³/mol. The lowest BCUT2D eigenvalue weighted by atomic mass is 9.89. The molecule has 0 saturated carbocycles. The number of halogens is 2. The Morgan fingerprint density at radius 3 is 2.86 bits per heavy atom. The number of Topliss-reactive ketones (excluding diaryl/α,β-unsaturated/α-hetero) is 1. The summed E-state index contributed by atoms with van der Waals surface area (Å²) in [4.78, 5) is 11.5. The highest BCUT2D eigenvalue weighted by Crippen LogP contribution is 2.32. The molecule has 1 aromatic rings. The third kappa shape index (κ3) is 1.40. The Kier molecular flexibility index (Phi) is 2.43. The van der Waals surface area contributed by atoms with Crippen LogP contribution in [0.25, 0.3) is 0 Å². The van der Waals surface area contributed by atoms with Crippen LogP contribution in [0.2, 0.25) is 0 Å². The zero-order valence-corrected chi connectivity index (χ0v) is 9.45. The SMILES string of the molecule is Cc1c(F)cc2c(c1Br)CCCC2=O. The molecule has 0 bridgehead atoms. The molecule has 0 N–H and O–H groups in total. The topological polar surface area (TPSA) is 17.1 Å². The first kappa shape index (κ1) is 9.84. The standard InChI is InChI=1S/C11H10BrFO/c1-6-9(13)5-8-7(11(6)12)3-2-4-10(8)14/h5H,2-4H2,1H3. The average Bonchev–Trinajstić information content (AvgIpc) is 2.17. The molecule has 3 heteroatoms. The van der Waals surface area contributed by atoms with Crippen molar-refractivity contribution < 1.29 is 9.18 Å². The second-order valence-electron chi connectivity index (χ2n) is 3.60. The number of hydrogen-bond donors (Lipinski definition) is 0. The van der Waals surface area contributed by atoms with Gasteiger partial charge >= 0.3 is 0 Å². The largest absolute Gasteiger partial charge is 0.294 e. The Labute approximate surface area is 90.4 Å². The van der Waals surface area contributed by atoms with E-state index in [1.807, 2.05) is 0 Å². The molecular formula is C11H10BrFO. The van der Waals surface area contributed by atoms with Crippen molar-refractivity contribution in [3.63, 3.8) is 0 Å². The number of hydrogen-bond acceptors (Lipinski definition) is 1. The van der Waals surface area contributed by atoms with Crippen LogP contribution in [-0.2, 0) is 6.42 Å². The molecule has 0 unspecified atom stereocenters. The minimum Gasteiger partial charge on any atom is -0.294 e. The van der Waals surface area contributed by atoms with E-state index in [0.29, 0.717) is 17.5 Å². The van der Waals surface area contributed by atoms with Crippen LogP contribution in [-0.4, -0.2) is 5.78 Å². The van der Waals surface area contributed by atoms with Gasteiger partial charge in [-0.05, 0) is 37.0 Å². The van der Waals surface area contributed by atoms with Crippen molar-refractivity contribution >= 4 is 21.7 Å².